The molecule has 2 heterocycles. The van der Waals surface area contributed by atoms with Gasteiger partial charge >= 0.3 is 0 Å². The van der Waals surface area contributed by atoms with Crippen LogP contribution in [0, 0.1) is 6.92 Å². The molecule has 2 fully saturated rings. The molecule has 2 saturated carbocycles. The van der Waals surface area contributed by atoms with Gasteiger partial charge in [0.15, 0.2) is 5.65 Å². The normalized spacial score (nSPS) is 17.9. The maximum atomic E-state index is 13.2. The molecule has 0 unspecified atom stereocenters. The molecule has 0 radical (unpaired) electrons. The zero-order valence-corrected chi connectivity index (χ0v) is 20.4. The second kappa shape index (κ2) is 8.85. The zero-order valence-electron chi connectivity index (χ0n) is 20.4. The van der Waals surface area contributed by atoms with Crippen LogP contribution < -0.4 is 15.4 Å². The lowest BCUT2D eigenvalue weighted by atomic mass is 10.0. The average Bonchev–Trinajstić information content (AvgIpc) is 3.67. The number of amides is 1. The number of hydrogen-bond donors (Lipinski definition) is 3. The number of imidazole rings is 1. The topological polar surface area (TPSA) is 101 Å². The number of anilines is 1. The van der Waals surface area contributed by atoms with E-state index in [-0.39, 0.29) is 43.0 Å². The molecule has 3 N–H and O–H groups in total. The Morgan fingerprint density at radius 2 is 2.08 bits per heavy atom. The van der Waals surface area contributed by atoms with Crippen LogP contribution in [0.3, 0.4) is 0 Å². The predicted molar refractivity (Wildman–Crippen MR) is 132 cm³/mol. The first-order chi connectivity index (χ1) is 17.0. The van der Waals surface area contributed by atoms with E-state index >= 15 is 0 Å². The lowest BCUT2D eigenvalue weighted by molar-refractivity contribution is 0.0940. The zero-order chi connectivity index (χ0) is 25.7. The molecule has 8 nitrogen and oxygen atoms in total. The fourth-order valence-corrected chi connectivity index (χ4v) is 3.87. The number of benzene rings is 1. The van der Waals surface area contributed by atoms with Crippen molar-refractivity contribution in [3.05, 3.63) is 53.2 Å². The minimum absolute atomic E-state index is 0.0394. The van der Waals surface area contributed by atoms with Crippen molar-refractivity contribution in [3.63, 3.8) is 0 Å². The van der Waals surface area contributed by atoms with E-state index in [1.807, 2.05) is 19.1 Å². The van der Waals surface area contributed by atoms with Gasteiger partial charge in [-0.3, -0.25) is 4.79 Å². The first-order valence-electron chi connectivity index (χ1n) is 12.0. The largest absolute Gasteiger partial charge is 0.472 e. The van der Waals surface area contributed by atoms with Gasteiger partial charge in [-0.05, 0) is 57.4 Å². The number of aryl methyl sites for hydroxylation is 1. The summed E-state index contributed by atoms with van der Waals surface area (Å²) in [6.07, 6.45) is 4.85. The van der Waals surface area contributed by atoms with Gasteiger partial charge < -0.3 is 20.5 Å². The molecule has 2 aliphatic rings. The first-order valence-corrected chi connectivity index (χ1v) is 12.0. The Labute approximate surface area is 207 Å². The standard InChI is InChI=1S/C26H29F2N5O3/c1-15-10-16(4-7-19(15)24(34)31-18-5-6-18)21-13-29-23-20(30-14-25(2,3)35)11-22(32-33(21)23)36-9-8-17-12-26(17,27)28/h4,7-8,10-11,13,18,30,35H,5-6,9,12,14H2,1-3H3,(H,31,34)/b17-8+. The van der Waals surface area contributed by atoms with Gasteiger partial charge in [0.1, 0.15) is 6.61 Å². The van der Waals surface area contributed by atoms with E-state index in [4.69, 9.17) is 4.74 Å². The molecule has 10 heteroatoms. The second-order valence-electron chi connectivity index (χ2n) is 10.1. The van der Waals surface area contributed by atoms with Crippen molar-refractivity contribution in [3.8, 4) is 17.1 Å². The Kier molecular flexibility index (Phi) is 5.94. The maximum Gasteiger partial charge on any atom is 0.273 e. The number of hydrogen-bond acceptors (Lipinski definition) is 6. The van der Waals surface area contributed by atoms with Crippen LogP contribution in [0.4, 0.5) is 14.5 Å². The second-order valence-corrected chi connectivity index (χ2v) is 10.1. The van der Waals surface area contributed by atoms with Gasteiger partial charge in [-0.2, -0.15) is 0 Å². The SMILES string of the molecule is Cc1cc(-c2cnc3c(NCC(C)(C)O)cc(OC/C=C4\CC4(F)F)nn23)ccc1C(=O)NC1CC1. The molecule has 3 aromatic rings. The van der Waals surface area contributed by atoms with E-state index in [9.17, 15) is 18.7 Å². The maximum absolute atomic E-state index is 13.2. The number of nitrogens with zero attached hydrogens (tertiary/aromatic N) is 3. The third-order valence-corrected chi connectivity index (χ3v) is 6.15. The number of rotatable bonds is 9. The summed E-state index contributed by atoms with van der Waals surface area (Å²) in [5, 5.41) is 20.9. The number of nitrogens with one attached hydrogen (secondary N) is 2. The molecular formula is C26H29F2N5O3. The molecular weight excluding hydrogens is 468 g/mol. The quantitative estimate of drug-likeness (QED) is 0.385. The minimum Gasteiger partial charge on any atom is -0.472 e. The van der Waals surface area contributed by atoms with Gasteiger partial charge in [0, 0.05) is 41.8 Å². The van der Waals surface area contributed by atoms with E-state index in [2.05, 4.69) is 20.7 Å². The number of carbonyl (C=O) groups excluding carboxylic acids is 1. The highest BCUT2D eigenvalue weighted by atomic mass is 19.3. The Hall–Kier alpha value is -3.53. The van der Waals surface area contributed by atoms with Gasteiger partial charge in [0.2, 0.25) is 5.88 Å². The lowest BCUT2D eigenvalue weighted by Crippen LogP contribution is -2.29. The van der Waals surface area contributed by atoms with Crippen LogP contribution in [0.5, 0.6) is 5.88 Å². The Morgan fingerprint density at radius 1 is 1.33 bits per heavy atom. The van der Waals surface area contributed by atoms with Crippen LogP contribution in [-0.4, -0.2) is 56.3 Å². The fourth-order valence-electron chi connectivity index (χ4n) is 3.87. The van der Waals surface area contributed by atoms with Crippen LogP contribution >= 0.6 is 0 Å². The average molecular weight is 498 g/mol. The summed E-state index contributed by atoms with van der Waals surface area (Å²) in [5.74, 6) is -2.59. The van der Waals surface area contributed by atoms with Gasteiger partial charge in [0.25, 0.3) is 11.8 Å². The molecule has 0 bridgehead atoms. The van der Waals surface area contributed by atoms with E-state index in [0.717, 1.165) is 24.0 Å². The Balaban J connectivity index is 1.46. The van der Waals surface area contributed by atoms with Gasteiger partial charge in [-0.1, -0.05) is 6.07 Å². The van der Waals surface area contributed by atoms with Gasteiger partial charge in [0.05, 0.1) is 23.2 Å². The number of aromatic nitrogens is 3. The molecule has 1 amide bonds. The van der Waals surface area contributed by atoms with Crippen molar-refractivity contribution in [2.45, 2.75) is 57.6 Å². The molecule has 0 aliphatic heterocycles. The monoisotopic (exact) mass is 497 g/mol. The summed E-state index contributed by atoms with van der Waals surface area (Å²) in [5.41, 5.74) is 3.10. The Morgan fingerprint density at radius 3 is 2.72 bits per heavy atom. The van der Waals surface area contributed by atoms with Crippen molar-refractivity contribution >= 4 is 17.2 Å². The van der Waals surface area contributed by atoms with Gasteiger partial charge in [-0.25, -0.2) is 18.3 Å². The molecule has 2 aliphatic carbocycles. The summed E-state index contributed by atoms with van der Waals surface area (Å²) in [7, 11) is 0. The van der Waals surface area contributed by atoms with E-state index in [0.29, 0.717) is 22.6 Å². The van der Waals surface area contributed by atoms with E-state index < -0.39 is 11.5 Å². The number of ether oxygens (including phenoxy) is 1. The molecule has 0 saturated heterocycles. The lowest BCUT2D eigenvalue weighted by Gasteiger charge is -2.19. The molecule has 5 rings (SSSR count). The van der Waals surface area contributed by atoms with E-state index in [1.54, 1.807) is 36.7 Å². The minimum atomic E-state index is -2.72. The number of allylic oxidation sites excluding steroid dienone is 1. The highest BCUT2D eigenvalue weighted by Gasteiger charge is 2.50. The molecule has 0 atom stereocenters. The molecule has 2 aromatic heterocycles. The van der Waals surface area contributed by atoms with Crippen LogP contribution in [0.2, 0.25) is 0 Å². The third kappa shape index (κ3) is 5.33. The van der Waals surface area contributed by atoms with Crippen LogP contribution in [-0.2, 0) is 0 Å². The fraction of sp³-hybridized carbons (Fsp3) is 0.423. The predicted octanol–water partition coefficient (Wildman–Crippen LogP) is 4.12. The molecule has 0 spiro atoms. The van der Waals surface area contributed by atoms with Crippen LogP contribution in [0.25, 0.3) is 16.9 Å². The van der Waals surface area contributed by atoms with Crippen molar-refractivity contribution in [2.24, 2.45) is 0 Å². The molecule has 36 heavy (non-hydrogen) atoms. The first kappa shape index (κ1) is 24.2. The number of fused-ring (bicyclic) bond motifs is 1. The van der Waals surface area contributed by atoms with Crippen molar-refractivity contribution < 1.29 is 23.4 Å². The van der Waals surface area contributed by atoms with Gasteiger partial charge in [-0.15, -0.1) is 5.10 Å². The van der Waals surface area contributed by atoms with Crippen molar-refractivity contribution in [2.75, 3.05) is 18.5 Å². The Bertz CT molecular complexity index is 1360. The third-order valence-electron chi connectivity index (χ3n) is 6.15. The molecule has 190 valence electrons. The van der Waals surface area contributed by atoms with Crippen molar-refractivity contribution in [1.82, 2.24) is 19.9 Å². The number of alkyl halides is 2. The van der Waals surface area contributed by atoms with Crippen LogP contribution in [0.15, 0.2) is 42.1 Å². The van der Waals surface area contributed by atoms with Crippen molar-refractivity contribution in [1.29, 1.82) is 0 Å². The summed E-state index contributed by atoms with van der Waals surface area (Å²) in [6, 6.07) is 7.45. The smallest absolute Gasteiger partial charge is 0.273 e. The highest BCUT2D eigenvalue weighted by molar-refractivity contribution is 5.96. The summed E-state index contributed by atoms with van der Waals surface area (Å²) in [4.78, 5) is 17.0. The number of carbonyl (C=O) groups is 1. The summed E-state index contributed by atoms with van der Waals surface area (Å²) < 4.78 is 33.6. The summed E-state index contributed by atoms with van der Waals surface area (Å²) in [6.45, 7) is 5.45. The number of aliphatic hydroxyl groups is 1. The van der Waals surface area contributed by atoms with E-state index in [1.165, 1.54) is 6.08 Å². The molecule has 1 aromatic carbocycles. The van der Waals surface area contributed by atoms with Crippen LogP contribution in [0.1, 0.15) is 49.0 Å². The highest BCUT2D eigenvalue weighted by Crippen LogP contribution is 2.47. The summed E-state index contributed by atoms with van der Waals surface area (Å²) >= 11 is 0. The number of halogens is 2.